The van der Waals surface area contributed by atoms with Crippen LogP contribution >= 0.6 is 11.3 Å². The molecule has 5 rings (SSSR count). The molecule has 0 aliphatic heterocycles. The Balaban J connectivity index is 0.00000245. The standard InChI is InChI=1S/C42H48N2S.C2H6/c1-27-22-29(25-33(28(27)2)42(9,10)11)38(34-16-12-14-20-43-34)36-18-19-37(45-36)39(35-17-13-15-21-44-35)30-23-31(40(3,4)5)26-32(24-30)41(6,7)8;1-2/h12-25H,2,26H2,1,3-11H3;1-2H3/b38-29-;. The zero-order valence-corrected chi connectivity index (χ0v) is 31.6. The molecule has 0 amide bonds. The van der Waals surface area contributed by atoms with Crippen molar-refractivity contribution in [3.8, 4) is 0 Å². The average Bonchev–Trinajstić information content (AvgIpc) is 3.48. The van der Waals surface area contributed by atoms with E-state index in [-0.39, 0.29) is 16.2 Å². The topological polar surface area (TPSA) is 25.8 Å². The molecule has 0 radical (unpaired) electrons. The summed E-state index contributed by atoms with van der Waals surface area (Å²) in [5.74, 6) is 0. The minimum absolute atomic E-state index is 0.0283. The Morgan fingerprint density at radius 2 is 1.15 bits per heavy atom. The first-order valence-electron chi connectivity index (χ1n) is 17.0. The predicted molar refractivity (Wildman–Crippen MR) is 206 cm³/mol. The normalized spacial score (nSPS) is 14.5. The van der Waals surface area contributed by atoms with E-state index in [1.165, 1.54) is 48.4 Å². The number of hydrogen-bond acceptors (Lipinski definition) is 3. The van der Waals surface area contributed by atoms with Crippen LogP contribution in [-0.4, -0.2) is 9.97 Å². The summed E-state index contributed by atoms with van der Waals surface area (Å²) in [4.78, 5) is 12.1. The van der Waals surface area contributed by atoms with E-state index in [2.05, 4.69) is 136 Å². The van der Waals surface area contributed by atoms with Crippen LogP contribution in [0.15, 0.2) is 102 Å². The van der Waals surface area contributed by atoms with Gasteiger partial charge in [0.05, 0.1) is 11.4 Å². The number of benzene rings is 1. The molecular weight excluding hydrogens is 589 g/mol. The third-order valence-electron chi connectivity index (χ3n) is 8.77. The SMILES string of the molecule is C=c1c(C)c/c(=C(\c2ccccn2)c2ccc(C(=C3C=C(C(C)(C)C)CC(C(C)(C)C)=C3)c3ccccn3)s2)cc1C(C)(C)C.CC. The van der Waals surface area contributed by atoms with E-state index in [1.54, 1.807) is 0 Å². The number of aromatic nitrogens is 2. The molecule has 0 bridgehead atoms. The number of aryl methyl sites for hydroxylation is 1. The molecule has 0 unspecified atom stereocenters. The van der Waals surface area contributed by atoms with E-state index in [4.69, 9.17) is 9.97 Å². The molecule has 3 heterocycles. The first-order valence-corrected chi connectivity index (χ1v) is 17.8. The van der Waals surface area contributed by atoms with E-state index in [9.17, 15) is 0 Å². The Bertz CT molecular complexity index is 1880. The average molecular weight is 643 g/mol. The van der Waals surface area contributed by atoms with Gasteiger partial charge in [0.1, 0.15) is 0 Å². The van der Waals surface area contributed by atoms with Crippen LogP contribution in [0, 0.1) is 17.8 Å². The second-order valence-electron chi connectivity index (χ2n) is 15.4. The Morgan fingerprint density at radius 1 is 0.660 bits per heavy atom. The van der Waals surface area contributed by atoms with Crippen molar-refractivity contribution in [2.75, 3.05) is 0 Å². The predicted octanol–water partition coefficient (Wildman–Crippen LogP) is 11.0. The zero-order chi connectivity index (χ0) is 34.7. The van der Waals surface area contributed by atoms with Crippen LogP contribution in [0.25, 0.3) is 17.7 Å². The number of nitrogens with zero attached hydrogens (tertiary/aromatic N) is 2. The highest BCUT2D eigenvalue weighted by Gasteiger charge is 2.28. The third-order valence-corrected chi connectivity index (χ3v) is 9.89. The lowest BCUT2D eigenvalue weighted by molar-refractivity contribution is 0.447. The molecule has 1 aliphatic carbocycles. The molecule has 4 aromatic rings. The molecular formula is C44H54N2S. The fourth-order valence-electron chi connectivity index (χ4n) is 5.92. The number of rotatable bonds is 4. The summed E-state index contributed by atoms with van der Waals surface area (Å²) in [6.45, 7) is 31.3. The Hall–Kier alpha value is -3.82. The lowest BCUT2D eigenvalue weighted by atomic mass is 9.72. The first-order chi connectivity index (χ1) is 22.0. The van der Waals surface area contributed by atoms with Gasteiger partial charge in [0.2, 0.25) is 0 Å². The van der Waals surface area contributed by atoms with Crippen molar-refractivity contribution < 1.29 is 0 Å². The number of allylic oxidation sites excluding steroid dienone is 5. The van der Waals surface area contributed by atoms with E-state index >= 15 is 0 Å². The van der Waals surface area contributed by atoms with E-state index in [0.29, 0.717) is 0 Å². The molecule has 47 heavy (non-hydrogen) atoms. The van der Waals surface area contributed by atoms with Crippen molar-refractivity contribution in [1.29, 1.82) is 0 Å². The maximum Gasteiger partial charge on any atom is 0.0722 e. The summed E-state index contributed by atoms with van der Waals surface area (Å²) in [7, 11) is 0. The molecule has 0 saturated carbocycles. The minimum atomic E-state index is -0.0283. The number of thiophene rings is 1. The third kappa shape index (κ3) is 8.19. The first kappa shape index (κ1) is 36.0. The van der Waals surface area contributed by atoms with Gasteiger partial charge in [-0.3, -0.25) is 9.97 Å². The monoisotopic (exact) mass is 642 g/mol. The second-order valence-corrected chi connectivity index (χ2v) is 16.5. The van der Waals surface area contributed by atoms with Gasteiger partial charge >= 0.3 is 0 Å². The summed E-state index contributed by atoms with van der Waals surface area (Å²) in [5.41, 5.74) is 11.0. The highest BCUT2D eigenvalue weighted by Crippen LogP contribution is 2.44. The van der Waals surface area contributed by atoms with Gasteiger partial charge in [0, 0.05) is 33.3 Å². The molecule has 2 nitrogen and oxygen atoms in total. The largest absolute Gasteiger partial charge is 0.256 e. The maximum atomic E-state index is 4.90. The number of pyridine rings is 2. The molecule has 3 aromatic heterocycles. The van der Waals surface area contributed by atoms with E-state index in [0.717, 1.165) is 28.6 Å². The van der Waals surface area contributed by atoms with Crippen LogP contribution in [0.3, 0.4) is 0 Å². The van der Waals surface area contributed by atoms with Crippen molar-refractivity contribution in [1.82, 2.24) is 9.97 Å². The van der Waals surface area contributed by atoms with Gasteiger partial charge in [-0.25, -0.2) is 0 Å². The van der Waals surface area contributed by atoms with Gasteiger partial charge in [-0.1, -0.05) is 124 Å². The van der Waals surface area contributed by atoms with Crippen molar-refractivity contribution in [3.05, 3.63) is 145 Å². The molecule has 0 saturated heterocycles. The van der Waals surface area contributed by atoms with E-state index in [1.807, 2.05) is 49.7 Å². The van der Waals surface area contributed by atoms with Gasteiger partial charge in [0.15, 0.2) is 0 Å². The summed E-state index contributed by atoms with van der Waals surface area (Å²) in [5, 5.41) is 2.28. The second kappa shape index (κ2) is 14.1. The van der Waals surface area contributed by atoms with Crippen LogP contribution in [-0.2, 0) is 5.41 Å². The fraction of sp³-hybridized carbons (Fsp3) is 0.364. The van der Waals surface area contributed by atoms with Crippen molar-refractivity contribution in [2.24, 2.45) is 10.8 Å². The molecule has 246 valence electrons. The summed E-state index contributed by atoms with van der Waals surface area (Å²) in [6, 6.07) is 21.5. The molecule has 0 fully saturated rings. The smallest absolute Gasteiger partial charge is 0.0722 e. The van der Waals surface area contributed by atoms with E-state index < -0.39 is 0 Å². The molecule has 0 spiro atoms. The molecule has 1 aliphatic rings. The van der Waals surface area contributed by atoms with Crippen LogP contribution < -0.4 is 10.4 Å². The highest BCUT2D eigenvalue weighted by atomic mass is 32.1. The van der Waals surface area contributed by atoms with Crippen LogP contribution in [0.1, 0.15) is 115 Å². The summed E-state index contributed by atoms with van der Waals surface area (Å²) < 4.78 is 0. The Kier molecular flexibility index (Phi) is 10.8. The lowest BCUT2D eigenvalue weighted by Gasteiger charge is -2.33. The van der Waals surface area contributed by atoms with Crippen molar-refractivity contribution in [3.63, 3.8) is 0 Å². The fourth-order valence-corrected chi connectivity index (χ4v) is 7.08. The Labute approximate surface area is 288 Å². The minimum Gasteiger partial charge on any atom is -0.256 e. The zero-order valence-electron chi connectivity index (χ0n) is 30.8. The quantitative estimate of drug-likeness (QED) is 0.221. The highest BCUT2D eigenvalue weighted by molar-refractivity contribution is 7.14. The molecule has 0 N–H and O–H groups in total. The van der Waals surface area contributed by atoms with Gasteiger partial charge in [0.25, 0.3) is 0 Å². The summed E-state index contributed by atoms with van der Waals surface area (Å²) >= 11 is 1.82. The molecule has 0 atom stereocenters. The molecule has 1 aromatic carbocycles. The van der Waals surface area contributed by atoms with Gasteiger partial charge in [-0.15, -0.1) is 11.3 Å². The van der Waals surface area contributed by atoms with Crippen LogP contribution in [0.2, 0.25) is 0 Å². The van der Waals surface area contributed by atoms with Gasteiger partial charge < -0.3 is 0 Å². The Morgan fingerprint density at radius 3 is 1.60 bits per heavy atom. The van der Waals surface area contributed by atoms with Gasteiger partial charge in [-0.05, 0) is 99.2 Å². The summed E-state index contributed by atoms with van der Waals surface area (Å²) in [6.07, 6.45) is 9.63. The molecule has 3 heteroatoms. The maximum absolute atomic E-state index is 4.90. The lowest BCUT2D eigenvalue weighted by Crippen LogP contribution is -2.28. The van der Waals surface area contributed by atoms with Crippen LogP contribution in [0.5, 0.6) is 0 Å². The van der Waals surface area contributed by atoms with Crippen LogP contribution in [0.4, 0.5) is 0 Å². The van der Waals surface area contributed by atoms with Crippen molar-refractivity contribution >= 4 is 29.1 Å². The van der Waals surface area contributed by atoms with Gasteiger partial charge in [-0.2, -0.15) is 0 Å². The van der Waals surface area contributed by atoms with Crippen molar-refractivity contribution in [2.45, 2.75) is 94.9 Å². The number of hydrogen-bond donors (Lipinski definition) is 0.